The minimum atomic E-state index is -1.78. The standard InChI is InChI=1S/C29H26NO.C16H20GeN.Ir/c1-19-11-13-24-23-14-12-21(20-9-7-6-8-10-20)17-26(23)31-28(24)27(19)25-18-22(29(2,3)4)15-16-30(25)5;1-13-8-6-7-9-15(13)16-11-10-14(12-18(16)5)17(2,3)4;/h6-18H,1,5H2,2-4H3;6-12H,1,5H2,2-4H3;/q2*-1;. The van der Waals surface area contributed by atoms with E-state index in [1.54, 1.807) is 0 Å². The van der Waals surface area contributed by atoms with Crippen molar-refractivity contribution < 1.29 is 33.7 Å². The zero-order chi connectivity index (χ0) is 35.1. The number of hydrogen-bond donors (Lipinski definition) is 0. The van der Waals surface area contributed by atoms with Crippen LogP contribution in [0.25, 0.3) is 55.6 Å². The molecule has 257 valence electrons. The van der Waals surface area contributed by atoms with Crippen LogP contribution >= 0.6 is 0 Å². The minimum absolute atomic E-state index is 0. The fourth-order valence-electron chi connectivity index (χ4n) is 6.19. The van der Waals surface area contributed by atoms with E-state index in [2.05, 4.69) is 157 Å². The summed E-state index contributed by atoms with van der Waals surface area (Å²) in [5.74, 6) is 7.18. The molecule has 0 aliphatic carbocycles. The van der Waals surface area contributed by atoms with E-state index in [9.17, 15) is 0 Å². The van der Waals surface area contributed by atoms with Gasteiger partial charge in [0.15, 0.2) is 0 Å². The molecule has 0 aliphatic rings. The second-order valence-electron chi connectivity index (χ2n) is 14.9. The van der Waals surface area contributed by atoms with Crippen LogP contribution in [0, 0.1) is 27.9 Å². The second-order valence-corrected chi connectivity index (χ2v) is 25.5. The Morgan fingerprint density at radius 2 is 1.32 bits per heavy atom. The summed E-state index contributed by atoms with van der Waals surface area (Å²) in [5, 5.41) is 2.21. The Kier molecular flexibility index (Phi) is 10.7. The quantitative estimate of drug-likeness (QED) is 0.0980. The molecule has 0 saturated heterocycles. The molecule has 0 aliphatic heterocycles. The molecule has 0 spiro atoms. The molecule has 0 saturated carbocycles. The van der Waals surface area contributed by atoms with Gasteiger partial charge in [0.2, 0.25) is 0 Å². The number of rotatable bonds is 4. The van der Waals surface area contributed by atoms with Gasteiger partial charge in [-0.25, -0.2) is 0 Å². The van der Waals surface area contributed by atoms with Crippen LogP contribution in [0.1, 0.15) is 37.5 Å². The van der Waals surface area contributed by atoms with Crippen molar-refractivity contribution in [3.05, 3.63) is 166 Å². The van der Waals surface area contributed by atoms with Crippen molar-refractivity contribution in [3.63, 3.8) is 0 Å². The SMILES string of the molecule is [CH2-]c1ccc2c(oc3cc(-c4ccccc4)ccc32)c1-c1cc(C(C)(C)C)cc[n+]1[CH2-].[CH2-]c1ccccc1-c1cc[c]([Ge]([CH3])([CH3])[CH3])c[n+]1[CH2-].[Ir]. The van der Waals surface area contributed by atoms with Gasteiger partial charge in [-0.3, -0.25) is 0 Å². The van der Waals surface area contributed by atoms with Crippen LogP contribution in [0.3, 0.4) is 0 Å². The normalized spacial score (nSPS) is 11.6. The first-order valence-corrected chi connectivity index (χ1v) is 24.1. The van der Waals surface area contributed by atoms with Crippen molar-refractivity contribution in [2.45, 2.75) is 43.5 Å². The van der Waals surface area contributed by atoms with Crippen LogP contribution in [-0.2, 0) is 25.5 Å². The van der Waals surface area contributed by atoms with Crippen molar-refractivity contribution in [1.29, 1.82) is 0 Å². The maximum absolute atomic E-state index is 6.48. The summed E-state index contributed by atoms with van der Waals surface area (Å²) < 4.78 is 11.8. The van der Waals surface area contributed by atoms with Crippen LogP contribution in [0.4, 0.5) is 0 Å². The molecule has 3 heterocycles. The molecule has 0 amide bonds. The fraction of sp³-hybridized carbons (Fsp3) is 0.156. The molecular weight excluding hydrogens is 849 g/mol. The monoisotopic (exact) mass is 897 g/mol. The Labute approximate surface area is 314 Å². The van der Waals surface area contributed by atoms with Crippen LogP contribution in [0.5, 0.6) is 0 Å². The van der Waals surface area contributed by atoms with E-state index in [0.717, 1.165) is 61.1 Å². The van der Waals surface area contributed by atoms with Crippen molar-refractivity contribution in [3.8, 4) is 33.6 Å². The summed E-state index contributed by atoms with van der Waals surface area (Å²) in [6, 6.07) is 37.9. The third-order valence-electron chi connectivity index (χ3n) is 9.18. The van der Waals surface area contributed by atoms with Gasteiger partial charge >= 0.3 is 113 Å². The van der Waals surface area contributed by atoms with Gasteiger partial charge in [0.25, 0.3) is 0 Å². The number of fused-ring (bicyclic) bond motifs is 3. The van der Waals surface area contributed by atoms with Gasteiger partial charge in [0, 0.05) is 37.9 Å². The third-order valence-corrected chi connectivity index (χ3v) is 13.4. The summed E-state index contributed by atoms with van der Waals surface area (Å²) in [6.45, 7) is 15.1. The molecule has 0 atom stereocenters. The van der Waals surface area contributed by atoms with E-state index in [-0.39, 0.29) is 25.5 Å². The summed E-state index contributed by atoms with van der Waals surface area (Å²) >= 11 is -1.78. The predicted molar refractivity (Wildman–Crippen MR) is 209 cm³/mol. The van der Waals surface area contributed by atoms with Crippen LogP contribution in [0.2, 0.25) is 17.3 Å². The zero-order valence-corrected chi connectivity index (χ0v) is 34.5. The number of benzene rings is 4. The number of pyridine rings is 2. The van der Waals surface area contributed by atoms with Gasteiger partial charge in [0.1, 0.15) is 5.58 Å². The molecule has 3 nitrogen and oxygen atoms in total. The average Bonchev–Trinajstić information content (AvgIpc) is 3.43. The van der Waals surface area contributed by atoms with E-state index in [1.165, 1.54) is 15.5 Å². The number of aromatic nitrogens is 2. The van der Waals surface area contributed by atoms with Crippen molar-refractivity contribution >= 4 is 39.6 Å². The van der Waals surface area contributed by atoms with E-state index in [1.807, 2.05) is 39.6 Å². The van der Waals surface area contributed by atoms with Crippen LogP contribution < -0.4 is 13.5 Å². The number of hydrogen-bond acceptors (Lipinski definition) is 1. The molecule has 0 N–H and O–H groups in total. The molecule has 7 rings (SSSR count). The first kappa shape index (κ1) is 36.9. The molecule has 50 heavy (non-hydrogen) atoms. The number of nitrogens with zero attached hydrogens (tertiary/aromatic N) is 2. The maximum Gasteiger partial charge on any atom is 0 e. The molecule has 4 aromatic carbocycles. The molecule has 1 radical (unpaired) electrons. The van der Waals surface area contributed by atoms with Gasteiger partial charge in [-0.15, -0.1) is 6.07 Å². The maximum atomic E-state index is 6.48. The molecule has 3 aromatic heterocycles. The summed E-state index contributed by atoms with van der Waals surface area (Å²) in [7, 11) is 8.35. The molecule has 5 heteroatoms. The van der Waals surface area contributed by atoms with E-state index >= 15 is 0 Å². The Balaban J connectivity index is 0.000000219. The fourth-order valence-corrected chi connectivity index (χ4v) is 8.55. The predicted octanol–water partition coefficient (Wildman–Crippen LogP) is 10.3. The van der Waals surface area contributed by atoms with Gasteiger partial charge in [-0.2, -0.15) is 18.6 Å². The largest absolute Gasteiger partial charge is 0 e. The molecular formula is C45H46GeIrN2O-2. The van der Waals surface area contributed by atoms with E-state index in [4.69, 9.17) is 4.42 Å². The first-order valence-electron chi connectivity index (χ1n) is 16.7. The molecule has 0 fully saturated rings. The molecule has 7 aromatic rings. The molecule has 0 bridgehead atoms. The summed E-state index contributed by atoms with van der Waals surface area (Å²) in [6.07, 6.45) is 4.20. The Hall–Kier alpha value is -4.35. The second kappa shape index (κ2) is 14.5. The van der Waals surface area contributed by atoms with Gasteiger partial charge < -0.3 is 8.98 Å². The van der Waals surface area contributed by atoms with Gasteiger partial charge in [0.05, 0.1) is 17.5 Å². The first-order chi connectivity index (χ1) is 23.2. The van der Waals surface area contributed by atoms with Crippen LogP contribution in [-0.4, -0.2) is 13.3 Å². The Morgan fingerprint density at radius 1 is 0.640 bits per heavy atom. The van der Waals surface area contributed by atoms with Gasteiger partial charge in [-0.05, 0) is 28.7 Å². The van der Waals surface area contributed by atoms with Gasteiger partial charge in [-0.1, -0.05) is 80.4 Å². The average molecular weight is 896 g/mol. The van der Waals surface area contributed by atoms with E-state index in [0.29, 0.717) is 0 Å². The van der Waals surface area contributed by atoms with Crippen LogP contribution in [0.15, 0.2) is 126 Å². The Morgan fingerprint density at radius 3 is 1.98 bits per heavy atom. The number of furan rings is 1. The molecule has 0 unspecified atom stereocenters. The smallest absolute Gasteiger partial charge is 0 e. The summed E-state index contributed by atoms with van der Waals surface area (Å²) in [5.41, 5.74) is 11.6. The van der Waals surface area contributed by atoms with Crippen molar-refractivity contribution in [2.75, 3.05) is 0 Å². The zero-order valence-electron chi connectivity index (χ0n) is 30.0. The van der Waals surface area contributed by atoms with Crippen molar-refractivity contribution in [1.82, 2.24) is 0 Å². The topological polar surface area (TPSA) is 20.9 Å². The third kappa shape index (κ3) is 7.54. The summed E-state index contributed by atoms with van der Waals surface area (Å²) in [4.78, 5) is 0. The van der Waals surface area contributed by atoms with Crippen molar-refractivity contribution in [2.24, 2.45) is 0 Å². The Bertz CT molecular complexity index is 2290. The van der Waals surface area contributed by atoms with E-state index < -0.39 is 13.3 Å². The minimum Gasteiger partial charge on any atom is 0 e.